The number of pyridine rings is 1. The zero-order chi connectivity index (χ0) is 28.1. The second-order valence-corrected chi connectivity index (χ2v) is 9.43. The third-order valence-electron chi connectivity index (χ3n) is 5.87. The first-order valence-electron chi connectivity index (χ1n) is 11.1. The van der Waals surface area contributed by atoms with Gasteiger partial charge in [-0.3, -0.25) is 14.3 Å². The molecule has 4 aromatic heterocycles. The Bertz CT molecular complexity index is 1830. The van der Waals surface area contributed by atoms with E-state index >= 15 is 0 Å². The number of fused-ring (bicyclic) bond motifs is 2. The highest BCUT2D eigenvalue weighted by Crippen LogP contribution is 2.40. The summed E-state index contributed by atoms with van der Waals surface area (Å²) in [6.07, 6.45) is -6.80. The molecule has 1 atom stereocenters. The summed E-state index contributed by atoms with van der Waals surface area (Å²) in [6.45, 7) is 0.292. The van der Waals surface area contributed by atoms with E-state index in [0.717, 1.165) is 17.4 Å². The maximum atomic E-state index is 14.0. The second kappa shape index (κ2) is 9.81. The molecule has 4 heterocycles. The number of aromatic nitrogens is 5. The average molecular weight is 565 g/mol. The van der Waals surface area contributed by atoms with Crippen LogP contribution in [0.1, 0.15) is 17.6 Å². The Labute approximate surface area is 218 Å². The molecule has 0 spiro atoms. The summed E-state index contributed by atoms with van der Waals surface area (Å²) in [5, 5.41) is 10.1. The summed E-state index contributed by atoms with van der Waals surface area (Å²) in [7, 11) is 0. The zero-order valence-electron chi connectivity index (χ0n) is 19.7. The van der Waals surface area contributed by atoms with Crippen molar-refractivity contribution in [3.63, 3.8) is 0 Å². The Morgan fingerprint density at radius 3 is 2.64 bits per heavy atom. The number of benzene rings is 1. The van der Waals surface area contributed by atoms with E-state index in [0.29, 0.717) is 15.5 Å². The molecular weight excluding hydrogens is 549 g/mol. The van der Waals surface area contributed by atoms with Gasteiger partial charge >= 0.3 is 11.9 Å². The van der Waals surface area contributed by atoms with Crippen molar-refractivity contribution in [2.45, 2.75) is 32.2 Å². The smallest absolute Gasteiger partial charge is 0.416 e. The SMILES string of the molecule is Cc1c(-c2cnc(Oc3ccc4cncnc4c3)c(C(F)F)c2)sc2c1c(=O)[nH]c(=O)n2C[C@@H](O)C(F)(F)F. The third kappa shape index (κ3) is 4.97. The lowest BCUT2D eigenvalue weighted by Crippen LogP contribution is -2.38. The molecule has 0 aliphatic carbocycles. The molecule has 39 heavy (non-hydrogen) atoms. The molecule has 0 aliphatic heterocycles. The molecule has 1 aromatic carbocycles. The first-order chi connectivity index (χ1) is 18.4. The van der Waals surface area contributed by atoms with Crippen LogP contribution < -0.4 is 16.0 Å². The van der Waals surface area contributed by atoms with Gasteiger partial charge in [0.05, 0.1) is 23.0 Å². The highest BCUT2D eigenvalue weighted by atomic mass is 32.1. The van der Waals surface area contributed by atoms with Crippen LogP contribution in [0.2, 0.25) is 0 Å². The Morgan fingerprint density at radius 2 is 1.92 bits per heavy atom. The van der Waals surface area contributed by atoms with Crippen LogP contribution in [0.25, 0.3) is 31.6 Å². The minimum absolute atomic E-state index is 0.110. The molecule has 202 valence electrons. The topological polar surface area (TPSA) is 123 Å². The summed E-state index contributed by atoms with van der Waals surface area (Å²) < 4.78 is 73.2. The summed E-state index contributed by atoms with van der Waals surface area (Å²) >= 11 is 0.741. The lowest BCUT2D eigenvalue weighted by molar-refractivity contribution is -0.207. The summed E-state index contributed by atoms with van der Waals surface area (Å²) in [5.41, 5.74) is -1.72. The van der Waals surface area contributed by atoms with Gasteiger partial charge < -0.3 is 9.84 Å². The normalized spacial score (nSPS) is 12.9. The Balaban J connectivity index is 1.58. The van der Waals surface area contributed by atoms with Crippen LogP contribution in [0.5, 0.6) is 11.6 Å². The number of H-pyrrole nitrogens is 1. The number of hydrogen-bond acceptors (Lipinski definition) is 8. The van der Waals surface area contributed by atoms with Crippen molar-refractivity contribution in [1.82, 2.24) is 24.5 Å². The van der Waals surface area contributed by atoms with E-state index in [9.17, 15) is 36.6 Å². The molecule has 5 aromatic rings. The van der Waals surface area contributed by atoms with Crippen molar-refractivity contribution < 1.29 is 31.8 Å². The summed E-state index contributed by atoms with van der Waals surface area (Å²) in [6, 6.07) is 5.80. The largest absolute Gasteiger partial charge is 0.438 e. The lowest BCUT2D eigenvalue weighted by atomic mass is 10.1. The van der Waals surface area contributed by atoms with Crippen molar-refractivity contribution in [2.75, 3.05) is 0 Å². The van der Waals surface area contributed by atoms with Crippen LogP contribution in [0.15, 0.2) is 52.6 Å². The van der Waals surface area contributed by atoms with Crippen LogP contribution in [0, 0.1) is 6.92 Å². The maximum absolute atomic E-state index is 14.0. The van der Waals surface area contributed by atoms with E-state index in [1.165, 1.54) is 31.6 Å². The molecule has 0 saturated carbocycles. The number of rotatable bonds is 6. The van der Waals surface area contributed by atoms with Gasteiger partial charge in [0.2, 0.25) is 5.88 Å². The number of hydrogen-bond donors (Lipinski definition) is 2. The van der Waals surface area contributed by atoms with Gasteiger partial charge in [-0.2, -0.15) is 13.2 Å². The molecule has 15 heteroatoms. The molecule has 0 radical (unpaired) electrons. The van der Waals surface area contributed by atoms with E-state index in [2.05, 4.69) is 15.0 Å². The average Bonchev–Trinajstić information content (AvgIpc) is 3.23. The predicted octanol–water partition coefficient (Wildman–Crippen LogP) is 4.72. The number of alkyl halides is 5. The minimum atomic E-state index is -5.01. The molecule has 2 N–H and O–H groups in total. The quantitative estimate of drug-likeness (QED) is 0.286. The molecule has 0 fully saturated rings. The van der Waals surface area contributed by atoms with Crippen LogP contribution in [-0.2, 0) is 6.54 Å². The van der Waals surface area contributed by atoms with Crippen LogP contribution >= 0.6 is 11.3 Å². The molecule has 0 amide bonds. The second-order valence-electron chi connectivity index (χ2n) is 8.43. The van der Waals surface area contributed by atoms with Crippen LogP contribution in [-0.4, -0.2) is 41.9 Å². The predicted molar refractivity (Wildman–Crippen MR) is 131 cm³/mol. The first-order valence-corrected chi connectivity index (χ1v) is 11.9. The van der Waals surface area contributed by atoms with Crippen LogP contribution in [0.3, 0.4) is 0 Å². The number of thiophene rings is 1. The third-order valence-corrected chi connectivity index (χ3v) is 7.23. The van der Waals surface area contributed by atoms with Gasteiger partial charge in [0.25, 0.3) is 12.0 Å². The number of nitrogens with one attached hydrogen (secondary N) is 1. The standard InChI is InChI=1S/C24H16F5N5O4S/c1-10-17-20(36)33-23(37)34(8-16(35)24(27,28)29)22(17)39-18(10)12-4-14(19(25)26)21(31-7-12)38-13-3-2-11-6-30-9-32-15(11)5-13/h2-7,9,16,19,35H,8H2,1H3,(H,33,36,37)/t16-/m1/s1. The van der Waals surface area contributed by atoms with Gasteiger partial charge in [0.1, 0.15) is 16.9 Å². The van der Waals surface area contributed by atoms with E-state index in [1.54, 1.807) is 12.3 Å². The summed E-state index contributed by atoms with van der Waals surface area (Å²) in [5.74, 6) is -0.191. The van der Waals surface area contributed by atoms with Gasteiger partial charge in [-0.25, -0.2) is 28.5 Å². The van der Waals surface area contributed by atoms with Gasteiger partial charge in [-0.15, -0.1) is 11.3 Å². The van der Waals surface area contributed by atoms with Gasteiger partial charge in [0, 0.05) is 34.3 Å². The number of aromatic amines is 1. The number of aliphatic hydroxyl groups excluding tert-OH is 1. The molecule has 0 unspecified atom stereocenters. The van der Waals surface area contributed by atoms with E-state index < -0.39 is 42.1 Å². The Morgan fingerprint density at radius 1 is 1.15 bits per heavy atom. The minimum Gasteiger partial charge on any atom is -0.438 e. The fourth-order valence-corrected chi connectivity index (χ4v) is 5.25. The number of aryl methyl sites for hydroxylation is 1. The molecular formula is C24H16F5N5O4S. The highest BCUT2D eigenvalue weighted by molar-refractivity contribution is 7.22. The molecule has 0 bridgehead atoms. The van der Waals surface area contributed by atoms with E-state index in [-0.39, 0.29) is 37.9 Å². The van der Waals surface area contributed by atoms with E-state index in [1.807, 2.05) is 4.98 Å². The molecule has 9 nitrogen and oxygen atoms in total. The van der Waals surface area contributed by atoms with Crippen molar-refractivity contribution in [1.29, 1.82) is 0 Å². The zero-order valence-corrected chi connectivity index (χ0v) is 20.5. The molecule has 0 saturated heterocycles. The van der Waals surface area contributed by atoms with Gasteiger partial charge in [0.15, 0.2) is 6.10 Å². The van der Waals surface area contributed by atoms with Crippen molar-refractivity contribution in [2.24, 2.45) is 0 Å². The number of ether oxygens (including phenoxy) is 1. The fourth-order valence-electron chi connectivity index (χ4n) is 3.96. The van der Waals surface area contributed by atoms with Gasteiger partial charge in [-0.1, -0.05) is 0 Å². The first kappa shape index (κ1) is 26.4. The van der Waals surface area contributed by atoms with Crippen LogP contribution in [0.4, 0.5) is 22.0 Å². The Hall–Kier alpha value is -4.24. The molecule has 5 rings (SSSR count). The molecule has 0 aliphatic rings. The lowest BCUT2D eigenvalue weighted by Gasteiger charge is -2.15. The number of nitrogens with zero attached hydrogens (tertiary/aromatic N) is 4. The van der Waals surface area contributed by atoms with Crippen molar-refractivity contribution >= 4 is 32.5 Å². The highest BCUT2D eigenvalue weighted by Gasteiger charge is 2.39. The van der Waals surface area contributed by atoms with E-state index in [4.69, 9.17) is 4.74 Å². The maximum Gasteiger partial charge on any atom is 0.416 e. The van der Waals surface area contributed by atoms with Crippen molar-refractivity contribution in [3.8, 4) is 22.1 Å². The number of halogens is 5. The monoisotopic (exact) mass is 565 g/mol. The Kier molecular flexibility index (Phi) is 6.64. The van der Waals surface area contributed by atoms with Gasteiger partial charge in [-0.05, 0) is 30.7 Å². The number of aliphatic hydroxyl groups is 1. The van der Waals surface area contributed by atoms with Crippen molar-refractivity contribution in [3.05, 3.63) is 75.0 Å². The fraction of sp³-hybridized carbons (Fsp3) is 0.208. The summed E-state index contributed by atoms with van der Waals surface area (Å²) in [4.78, 5) is 38.9.